The average Bonchev–Trinajstić information content (AvgIpc) is 2.05. The van der Waals surface area contributed by atoms with Crippen LogP contribution in [0.4, 0.5) is 0 Å². The molecule has 0 aliphatic rings. The summed E-state index contributed by atoms with van der Waals surface area (Å²) < 4.78 is 0. The minimum absolute atomic E-state index is 0.0414. The van der Waals surface area contributed by atoms with E-state index >= 15 is 0 Å². The standard InChI is InChI=1S/C7H14O3Si/c1-5(2-8)6(3-9)7(11)4-10/h2,5,9-10H,3-4H2,1,11H3. The lowest BCUT2D eigenvalue weighted by Gasteiger charge is -2.10. The van der Waals surface area contributed by atoms with Crippen LogP contribution in [0.15, 0.2) is 10.8 Å². The minimum Gasteiger partial charge on any atom is -0.392 e. The van der Waals surface area contributed by atoms with Gasteiger partial charge in [0.1, 0.15) is 6.29 Å². The molecule has 0 amide bonds. The van der Waals surface area contributed by atoms with E-state index in [1.807, 2.05) is 0 Å². The molecular formula is C7H14O3Si. The summed E-state index contributed by atoms with van der Waals surface area (Å²) in [4.78, 5) is 10.3. The first-order chi connectivity index (χ1) is 5.17. The van der Waals surface area contributed by atoms with E-state index in [1.165, 1.54) is 0 Å². The molecule has 0 fully saturated rings. The number of carbonyl (C=O) groups is 1. The van der Waals surface area contributed by atoms with Gasteiger partial charge in [0.15, 0.2) is 0 Å². The van der Waals surface area contributed by atoms with Crippen LogP contribution in [0.1, 0.15) is 6.92 Å². The quantitative estimate of drug-likeness (QED) is 0.400. The van der Waals surface area contributed by atoms with Crippen molar-refractivity contribution in [2.75, 3.05) is 13.2 Å². The molecule has 0 spiro atoms. The third-order valence-electron chi connectivity index (χ3n) is 1.71. The second kappa shape index (κ2) is 5.23. The Hall–Kier alpha value is -0.453. The molecule has 0 rings (SSSR count). The van der Waals surface area contributed by atoms with E-state index in [4.69, 9.17) is 10.2 Å². The lowest BCUT2D eigenvalue weighted by Crippen LogP contribution is -2.10. The highest BCUT2D eigenvalue weighted by Crippen LogP contribution is 2.10. The molecule has 0 saturated heterocycles. The molecule has 4 heteroatoms. The van der Waals surface area contributed by atoms with E-state index in [1.54, 1.807) is 6.92 Å². The number of hydrogen-bond acceptors (Lipinski definition) is 3. The van der Waals surface area contributed by atoms with Gasteiger partial charge in [0.2, 0.25) is 0 Å². The second-order valence-electron chi connectivity index (χ2n) is 2.55. The Balaban J connectivity index is 4.49. The van der Waals surface area contributed by atoms with Crippen molar-refractivity contribution < 1.29 is 15.0 Å². The fourth-order valence-corrected chi connectivity index (χ4v) is 1.46. The van der Waals surface area contributed by atoms with Gasteiger partial charge < -0.3 is 15.0 Å². The number of hydrogen-bond donors (Lipinski definition) is 2. The van der Waals surface area contributed by atoms with Gasteiger partial charge in [0.05, 0.1) is 13.2 Å². The van der Waals surface area contributed by atoms with Crippen molar-refractivity contribution in [2.45, 2.75) is 6.92 Å². The van der Waals surface area contributed by atoms with E-state index in [0.717, 1.165) is 11.5 Å². The van der Waals surface area contributed by atoms with Crippen LogP contribution < -0.4 is 0 Å². The second-order valence-corrected chi connectivity index (χ2v) is 3.75. The number of aliphatic hydroxyl groups is 2. The fraction of sp³-hybridized carbons (Fsp3) is 0.571. The molecule has 64 valence electrons. The van der Waals surface area contributed by atoms with Crippen molar-refractivity contribution in [1.82, 2.24) is 0 Å². The predicted molar refractivity (Wildman–Crippen MR) is 46.4 cm³/mol. The van der Waals surface area contributed by atoms with E-state index in [-0.39, 0.29) is 19.1 Å². The molecule has 0 aliphatic heterocycles. The van der Waals surface area contributed by atoms with Crippen LogP contribution in [0.2, 0.25) is 0 Å². The van der Waals surface area contributed by atoms with Crippen LogP contribution in [0, 0.1) is 5.92 Å². The minimum atomic E-state index is -0.264. The largest absolute Gasteiger partial charge is 0.392 e. The molecule has 2 N–H and O–H groups in total. The van der Waals surface area contributed by atoms with Gasteiger partial charge in [-0.3, -0.25) is 0 Å². The lowest BCUT2D eigenvalue weighted by atomic mass is 10.0. The highest BCUT2D eigenvalue weighted by atomic mass is 28.1. The highest BCUT2D eigenvalue weighted by molar-refractivity contribution is 6.22. The maximum atomic E-state index is 10.3. The van der Waals surface area contributed by atoms with Gasteiger partial charge in [0, 0.05) is 16.2 Å². The fourth-order valence-electron chi connectivity index (χ4n) is 0.851. The summed E-state index contributed by atoms with van der Waals surface area (Å²) in [6.45, 7) is 1.55. The molecule has 0 saturated carbocycles. The third-order valence-corrected chi connectivity index (χ3v) is 2.67. The number of aldehydes is 1. The molecule has 0 radical (unpaired) electrons. The Kier molecular flexibility index (Phi) is 5.02. The van der Waals surface area contributed by atoms with Crippen molar-refractivity contribution >= 4 is 16.5 Å². The molecule has 1 atom stereocenters. The molecular weight excluding hydrogens is 160 g/mol. The topological polar surface area (TPSA) is 57.5 Å². The molecule has 0 bridgehead atoms. The number of aliphatic hydroxyl groups excluding tert-OH is 2. The first-order valence-corrected chi connectivity index (χ1v) is 4.52. The SMILES string of the molecule is CC(C=O)C(CO)=C([SiH3])CO. The summed E-state index contributed by atoms with van der Waals surface area (Å²) in [7, 11) is 0.696. The average molecular weight is 174 g/mol. The summed E-state index contributed by atoms with van der Waals surface area (Å²) in [6, 6.07) is 0. The normalized spacial score (nSPS) is 15.9. The van der Waals surface area contributed by atoms with Crippen molar-refractivity contribution in [3.63, 3.8) is 0 Å². The van der Waals surface area contributed by atoms with Gasteiger partial charge in [-0.05, 0) is 5.57 Å². The van der Waals surface area contributed by atoms with Crippen LogP contribution in [0.3, 0.4) is 0 Å². The van der Waals surface area contributed by atoms with Gasteiger partial charge in [-0.25, -0.2) is 0 Å². The van der Waals surface area contributed by atoms with E-state index in [9.17, 15) is 4.79 Å². The summed E-state index contributed by atoms with van der Waals surface area (Å²) in [5.74, 6) is -0.264. The van der Waals surface area contributed by atoms with Gasteiger partial charge in [-0.1, -0.05) is 12.1 Å². The van der Waals surface area contributed by atoms with Gasteiger partial charge >= 0.3 is 0 Å². The monoisotopic (exact) mass is 174 g/mol. The van der Waals surface area contributed by atoms with Gasteiger partial charge in [0.25, 0.3) is 0 Å². The summed E-state index contributed by atoms with van der Waals surface area (Å²) in [6.07, 6.45) is 0.777. The molecule has 0 heterocycles. The van der Waals surface area contributed by atoms with Gasteiger partial charge in [-0.15, -0.1) is 0 Å². The lowest BCUT2D eigenvalue weighted by molar-refractivity contribution is -0.109. The Labute approximate surface area is 69.2 Å². The number of carbonyl (C=O) groups excluding carboxylic acids is 1. The highest BCUT2D eigenvalue weighted by Gasteiger charge is 2.08. The molecule has 3 nitrogen and oxygen atoms in total. The maximum Gasteiger partial charge on any atom is 0.126 e. The maximum absolute atomic E-state index is 10.3. The van der Waals surface area contributed by atoms with Crippen LogP contribution in [0.5, 0.6) is 0 Å². The summed E-state index contributed by atoms with van der Waals surface area (Å²) in [5, 5.41) is 18.4. The Morgan fingerprint density at radius 1 is 1.55 bits per heavy atom. The summed E-state index contributed by atoms with van der Waals surface area (Å²) >= 11 is 0. The predicted octanol–water partition coefficient (Wildman–Crippen LogP) is -1.57. The number of rotatable bonds is 4. The zero-order valence-electron chi connectivity index (χ0n) is 6.87. The van der Waals surface area contributed by atoms with Crippen LogP contribution >= 0.6 is 0 Å². The molecule has 1 unspecified atom stereocenters. The smallest absolute Gasteiger partial charge is 0.126 e. The first-order valence-electron chi connectivity index (χ1n) is 3.52. The Morgan fingerprint density at radius 2 is 2.09 bits per heavy atom. The van der Waals surface area contributed by atoms with Crippen molar-refractivity contribution in [1.29, 1.82) is 0 Å². The van der Waals surface area contributed by atoms with Crippen molar-refractivity contribution in [2.24, 2.45) is 5.92 Å². The van der Waals surface area contributed by atoms with Crippen LogP contribution in [-0.2, 0) is 4.79 Å². The van der Waals surface area contributed by atoms with Crippen molar-refractivity contribution in [3.8, 4) is 0 Å². The third kappa shape index (κ3) is 2.96. The van der Waals surface area contributed by atoms with E-state index in [2.05, 4.69) is 0 Å². The molecule has 0 aliphatic carbocycles. The molecule has 0 aromatic rings. The molecule has 0 aromatic carbocycles. The Morgan fingerprint density at radius 3 is 2.36 bits per heavy atom. The zero-order chi connectivity index (χ0) is 8.85. The van der Waals surface area contributed by atoms with Crippen LogP contribution in [-0.4, -0.2) is 40.0 Å². The van der Waals surface area contributed by atoms with Gasteiger partial charge in [-0.2, -0.15) is 0 Å². The Bertz CT molecular complexity index is 165. The molecule has 11 heavy (non-hydrogen) atoms. The van der Waals surface area contributed by atoms with Crippen molar-refractivity contribution in [3.05, 3.63) is 10.8 Å². The van der Waals surface area contributed by atoms with Crippen LogP contribution in [0.25, 0.3) is 0 Å². The first kappa shape index (κ1) is 10.5. The van der Waals surface area contributed by atoms with E-state index in [0.29, 0.717) is 15.8 Å². The zero-order valence-corrected chi connectivity index (χ0v) is 8.87. The molecule has 0 aromatic heterocycles. The summed E-state index contributed by atoms with van der Waals surface area (Å²) in [5.41, 5.74) is 0.675. The van der Waals surface area contributed by atoms with E-state index < -0.39 is 0 Å².